The van der Waals surface area contributed by atoms with Crippen molar-refractivity contribution in [2.75, 3.05) is 19.7 Å². The zero-order chi connectivity index (χ0) is 44.1. The molecule has 3 aromatic carbocycles. The Labute approximate surface area is 356 Å². The summed E-state index contributed by atoms with van der Waals surface area (Å²) in [4.78, 5) is 64.4. The van der Waals surface area contributed by atoms with Crippen molar-refractivity contribution in [2.24, 2.45) is 0 Å². The highest BCUT2D eigenvalue weighted by Gasteiger charge is 2.55. The Bertz CT molecular complexity index is 2060. The molecule has 0 radical (unpaired) electrons. The number of aliphatic carboxylic acids is 1. The molecule has 0 saturated carbocycles. The van der Waals surface area contributed by atoms with Crippen molar-refractivity contribution in [2.45, 2.75) is 112 Å². The minimum absolute atomic E-state index is 0.0152. The predicted octanol–water partition coefficient (Wildman–Crippen LogP) is 1.26. The summed E-state index contributed by atoms with van der Waals surface area (Å²) in [5.41, 5.74) is 4.90. The molecule has 1 aliphatic carbocycles. The molecule has 0 aromatic heterocycles. The molecule has 0 spiro atoms. The van der Waals surface area contributed by atoms with Crippen molar-refractivity contribution in [3.63, 3.8) is 0 Å². The Morgan fingerprint density at radius 1 is 0.710 bits per heavy atom. The quantitative estimate of drug-likeness (QED) is 0.100. The SMILES string of the molecule is CC1(C)O[C@@H]2[C@H](O1)[C@@H](CC(=O)NC[C@@H]1O[C@H](C(=O)O)[C@@H](O)[C@H](O)[C@H]1O)O[C@H]2CNC(=O)CC[C@H](NC(=O)OCC1c2ccccc2-c2ccccc21)C(=O)OCc1ccccc1. The van der Waals surface area contributed by atoms with Crippen LogP contribution in [0.4, 0.5) is 4.79 Å². The first-order chi connectivity index (χ1) is 29.7. The molecule has 3 aliphatic heterocycles. The van der Waals surface area contributed by atoms with Crippen LogP contribution in [0, 0.1) is 0 Å². The summed E-state index contributed by atoms with van der Waals surface area (Å²) in [6.07, 6.45) is -12.9. The topological polar surface area (TPSA) is 258 Å². The smallest absolute Gasteiger partial charge is 0.407 e. The van der Waals surface area contributed by atoms with Gasteiger partial charge < -0.3 is 64.8 Å². The van der Waals surface area contributed by atoms with E-state index in [0.29, 0.717) is 0 Å². The van der Waals surface area contributed by atoms with Gasteiger partial charge in [-0.1, -0.05) is 78.9 Å². The van der Waals surface area contributed by atoms with Crippen molar-refractivity contribution in [3.8, 4) is 11.1 Å². The second kappa shape index (κ2) is 19.3. The highest BCUT2D eigenvalue weighted by Crippen LogP contribution is 2.44. The first kappa shape index (κ1) is 44.6. The molecule has 7 N–H and O–H groups in total. The van der Waals surface area contributed by atoms with Gasteiger partial charge in [0.2, 0.25) is 11.8 Å². The van der Waals surface area contributed by atoms with E-state index in [1.165, 1.54) is 0 Å². The molecule has 332 valence electrons. The number of benzene rings is 3. The maximum absolute atomic E-state index is 13.4. The van der Waals surface area contributed by atoms with Crippen LogP contribution in [0.25, 0.3) is 11.1 Å². The van der Waals surface area contributed by atoms with Crippen LogP contribution in [0.2, 0.25) is 0 Å². The number of carbonyl (C=O) groups is 5. The van der Waals surface area contributed by atoms with Crippen molar-refractivity contribution < 1.29 is 72.8 Å². The van der Waals surface area contributed by atoms with Gasteiger partial charge in [0.15, 0.2) is 11.9 Å². The fourth-order valence-corrected chi connectivity index (χ4v) is 8.33. The molecule has 62 heavy (non-hydrogen) atoms. The lowest BCUT2D eigenvalue weighted by Crippen LogP contribution is -2.61. The van der Waals surface area contributed by atoms with Gasteiger partial charge in [0.25, 0.3) is 0 Å². The number of hydrogen-bond acceptors (Lipinski definition) is 14. The summed E-state index contributed by atoms with van der Waals surface area (Å²) in [6, 6.07) is 23.6. The third-order valence-corrected chi connectivity index (χ3v) is 11.4. The van der Waals surface area contributed by atoms with Crippen molar-refractivity contribution in [1.82, 2.24) is 16.0 Å². The van der Waals surface area contributed by atoms with Crippen LogP contribution in [0.1, 0.15) is 55.7 Å². The molecule has 10 atom stereocenters. The van der Waals surface area contributed by atoms with Gasteiger partial charge in [-0.3, -0.25) is 9.59 Å². The first-order valence-electron chi connectivity index (χ1n) is 20.5. The molecule has 3 fully saturated rings. The summed E-state index contributed by atoms with van der Waals surface area (Å²) >= 11 is 0. The third-order valence-electron chi connectivity index (χ3n) is 11.4. The Kier molecular flexibility index (Phi) is 13.9. The van der Waals surface area contributed by atoms with Crippen LogP contribution in [-0.2, 0) is 54.2 Å². The Morgan fingerprint density at radius 2 is 1.31 bits per heavy atom. The average Bonchev–Trinajstić information content (AvgIpc) is 3.87. The van der Waals surface area contributed by atoms with E-state index < -0.39 is 96.6 Å². The highest BCUT2D eigenvalue weighted by molar-refractivity contribution is 5.83. The molecular formula is C44H51N3O15. The van der Waals surface area contributed by atoms with E-state index in [0.717, 1.165) is 27.8 Å². The Balaban J connectivity index is 0.926. The summed E-state index contributed by atoms with van der Waals surface area (Å²) in [5, 5.41) is 47.6. The second-order valence-electron chi connectivity index (χ2n) is 16.1. The molecule has 18 nitrogen and oxygen atoms in total. The maximum atomic E-state index is 13.4. The van der Waals surface area contributed by atoms with Crippen LogP contribution in [0.5, 0.6) is 0 Å². The highest BCUT2D eigenvalue weighted by atomic mass is 16.8. The lowest BCUT2D eigenvalue weighted by Gasteiger charge is -2.38. The second-order valence-corrected chi connectivity index (χ2v) is 16.1. The molecule has 0 bridgehead atoms. The lowest BCUT2D eigenvalue weighted by molar-refractivity contribution is -0.226. The Morgan fingerprint density at radius 3 is 1.97 bits per heavy atom. The molecule has 7 rings (SSSR count). The molecule has 3 amide bonds. The number of fused-ring (bicyclic) bond motifs is 4. The number of amides is 3. The van der Waals surface area contributed by atoms with E-state index in [2.05, 4.69) is 16.0 Å². The predicted molar refractivity (Wildman–Crippen MR) is 215 cm³/mol. The van der Waals surface area contributed by atoms with Gasteiger partial charge in [-0.2, -0.15) is 0 Å². The number of alkyl carbamates (subject to hydrolysis) is 1. The van der Waals surface area contributed by atoms with E-state index in [-0.39, 0.29) is 51.5 Å². The summed E-state index contributed by atoms with van der Waals surface area (Å²) in [6.45, 7) is 2.91. The van der Waals surface area contributed by atoms with Crippen LogP contribution < -0.4 is 16.0 Å². The number of nitrogens with one attached hydrogen (secondary N) is 3. The number of rotatable bonds is 16. The van der Waals surface area contributed by atoms with Crippen molar-refractivity contribution >= 4 is 29.8 Å². The van der Waals surface area contributed by atoms with Crippen LogP contribution in [0.15, 0.2) is 78.9 Å². The normalized spacial score (nSPS) is 27.5. The number of esters is 1. The van der Waals surface area contributed by atoms with Gasteiger partial charge in [0.05, 0.1) is 12.5 Å². The lowest BCUT2D eigenvalue weighted by atomic mass is 9.95. The number of ether oxygens (including phenoxy) is 6. The minimum atomic E-state index is -1.87. The van der Waals surface area contributed by atoms with Gasteiger partial charge in [0, 0.05) is 25.4 Å². The van der Waals surface area contributed by atoms with E-state index in [9.17, 15) is 44.4 Å². The average molecular weight is 862 g/mol. The van der Waals surface area contributed by atoms with Gasteiger partial charge in [-0.25, -0.2) is 14.4 Å². The molecule has 0 unspecified atom stereocenters. The van der Waals surface area contributed by atoms with Gasteiger partial charge in [-0.15, -0.1) is 0 Å². The standard InChI is InChI=1S/C44H51N3O15/c1-44(2)61-38-30(18-34(49)46-19-31-35(50)36(51)37(52)40(60-31)41(53)54)59-32(39(38)62-44)20-45-33(48)17-16-29(42(55)57-21-23-10-4-3-5-11-23)47-43(56)58-22-28-26-14-8-6-12-24(26)25-13-7-9-15-27(25)28/h3-15,28-32,35-40,50-52H,16-22H2,1-2H3,(H,45,48)(H,46,49)(H,47,56)(H,53,54)/t29-,30+,31-,32-,35-,36+,37-,38+,39-,40-/m0/s1. The van der Waals surface area contributed by atoms with E-state index in [1.807, 2.05) is 54.6 Å². The van der Waals surface area contributed by atoms with E-state index in [1.54, 1.807) is 38.1 Å². The largest absolute Gasteiger partial charge is 0.479 e. The summed E-state index contributed by atoms with van der Waals surface area (Å²) < 4.78 is 34.7. The number of carbonyl (C=O) groups excluding carboxylic acids is 4. The maximum Gasteiger partial charge on any atom is 0.407 e. The molecule has 3 heterocycles. The number of carboxylic acid groups (broad SMARTS) is 1. The molecular weight excluding hydrogens is 810 g/mol. The fraction of sp³-hybridized carbons (Fsp3) is 0.477. The first-order valence-corrected chi connectivity index (χ1v) is 20.5. The zero-order valence-corrected chi connectivity index (χ0v) is 34.1. The van der Waals surface area contributed by atoms with Crippen molar-refractivity contribution in [1.29, 1.82) is 0 Å². The van der Waals surface area contributed by atoms with Crippen LogP contribution >= 0.6 is 0 Å². The molecule has 18 heteroatoms. The Hall–Kier alpha value is -5.47. The summed E-state index contributed by atoms with van der Waals surface area (Å²) in [7, 11) is 0. The van der Waals surface area contributed by atoms with Crippen molar-refractivity contribution in [3.05, 3.63) is 95.6 Å². The van der Waals surface area contributed by atoms with Gasteiger partial charge in [-0.05, 0) is 48.1 Å². The third kappa shape index (κ3) is 10.2. The zero-order valence-electron chi connectivity index (χ0n) is 34.1. The molecule has 3 saturated heterocycles. The number of hydrogen-bond donors (Lipinski definition) is 7. The number of carboxylic acids is 1. The number of aliphatic hydroxyl groups excluding tert-OH is 3. The molecule has 4 aliphatic rings. The van der Waals surface area contributed by atoms with Crippen LogP contribution in [0.3, 0.4) is 0 Å². The summed E-state index contributed by atoms with van der Waals surface area (Å²) in [5.74, 6) is -4.61. The van der Waals surface area contributed by atoms with Gasteiger partial charge in [0.1, 0.15) is 62.0 Å². The minimum Gasteiger partial charge on any atom is -0.479 e. The van der Waals surface area contributed by atoms with Crippen LogP contribution in [-0.4, -0.2) is 137 Å². The van der Waals surface area contributed by atoms with Gasteiger partial charge >= 0.3 is 18.0 Å². The molecule has 3 aromatic rings. The van der Waals surface area contributed by atoms with E-state index in [4.69, 9.17) is 28.4 Å². The fourth-order valence-electron chi connectivity index (χ4n) is 8.33. The van der Waals surface area contributed by atoms with E-state index >= 15 is 0 Å². The monoisotopic (exact) mass is 861 g/mol. The number of aliphatic hydroxyl groups is 3.